The Morgan fingerprint density at radius 2 is 1.93 bits per heavy atom. The van der Waals surface area contributed by atoms with Crippen molar-refractivity contribution in [3.63, 3.8) is 0 Å². The first-order valence-corrected chi connectivity index (χ1v) is 9.07. The van der Waals surface area contributed by atoms with Crippen molar-refractivity contribution in [2.75, 3.05) is 41.9 Å². The third-order valence-corrected chi connectivity index (χ3v) is 5.49. The third-order valence-electron chi connectivity index (χ3n) is 5.49. The Morgan fingerprint density at radius 3 is 2.63 bits per heavy atom. The second-order valence-corrected chi connectivity index (χ2v) is 7.21. The SMILES string of the molecule is CN1C(=O)COc2cc(Nc3ccc(N4C[C@@H]5C[C@H]4CO5)c(F)c3)ccc21. The van der Waals surface area contributed by atoms with Crippen molar-refractivity contribution in [1.82, 2.24) is 0 Å². The first kappa shape index (κ1) is 16.4. The van der Waals surface area contributed by atoms with Crippen molar-refractivity contribution in [2.24, 2.45) is 0 Å². The van der Waals surface area contributed by atoms with E-state index in [2.05, 4.69) is 10.2 Å². The van der Waals surface area contributed by atoms with Crippen LogP contribution in [0.15, 0.2) is 36.4 Å². The smallest absolute Gasteiger partial charge is 0.264 e. The number of halogens is 1. The molecule has 0 unspecified atom stereocenters. The lowest BCUT2D eigenvalue weighted by molar-refractivity contribution is -0.120. The molecule has 0 radical (unpaired) electrons. The van der Waals surface area contributed by atoms with Gasteiger partial charge in [-0.1, -0.05) is 0 Å². The molecule has 1 amide bonds. The molecule has 3 aliphatic heterocycles. The zero-order valence-corrected chi connectivity index (χ0v) is 14.9. The summed E-state index contributed by atoms with van der Waals surface area (Å²) in [6, 6.07) is 11.0. The predicted octanol–water partition coefficient (Wildman–Crippen LogP) is 2.90. The van der Waals surface area contributed by atoms with E-state index in [4.69, 9.17) is 9.47 Å². The molecular formula is C20H20FN3O3. The molecule has 7 heteroatoms. The quantitative estimate of drug-likeness (QED) is 0.902. The van der Waals surface area contributed by atoms with Gasteiger partial charge in [0.25, 0.3) is 5.91 Å². The molecular weight excluding hydrogens is 349 g/mol. The van der Waals surface area contributed by atoms with Gasteiger partial charge in [-0.3, -0.25) is 4.79 Å². The van der Waals surface area contributed by atoms with E-state index in [9.17, 15) is 9.18 Å². The van der Waals surface area contributed by atoms with Crippen molar-refractivity contribution < 1.29 is 18.7 Å². The number of benzene rings is 2. The number of morpholine rings is 1. The Hall–Kier alpha value is -2.80. The first-order chi connectivity index (χ1) is 13.1. The minimum Gasteiger partial charge on any atom is -0.481 e. The summed E-state index contributed by atoms with van der Waals surface area (Å²) >= 11 is 0. The van der Waals surface area contributed by atoms with Gasteiger partial charge in [-0.05, 0) is 36.8 Å². The highest BCUT2D eigenvalue weighted by atomic mass is 19.1. The molecule has 0 aliphatic carbocycles. The zero-order chi connectivity index (χ0) is 18.5. The van der Waals surface area contributed by atoms with Gasteiger partial charge in [-0.15, -0.1) is 0 Å². The molecule has 6 nitrogen and oxygen atoms in total. The van der Waals surface area contributed by atoms with Gasteiger partial charge in [0.05, 0.1) is 30.1 Å². The monoisotopic (exact) mass is 369 g/mol. The summed E-state index contributed by atoms with van der Waals surface area (Å²) in [7, 11) is 1.72. The van der Waals surface area contributed by atoms with Crippen molar-refractivity contribution in [1.29, 1.82) is 0 Å². The molecule has 0 spiro atoms. The number of nitrogens with one attached hydrogen (secondary N) is 1. The van der Waals surface area contributed by atoms with Crippen LogP contribution >= 0.6 is 0 Å². The third kappa shape index (κ3) is 2.78. The number of carbonyl (C=O) groups excluding carboxylic acids is 1. The molecule has 27 heavy (non-hydrogen) atoms. The number of anilines is 4. The lowest BCUT2D eigenvalue weighted by atomic mass is 10.2. The van der Waals surface area contributed by atoms with Gasteiger partial charge in [0, 0.05) is 31.0 Å². The van der Waals surface area contributed by atoms with Crippen LogP contribution in [0.2, 0.25) is 0 Å². The van der Waals surface area contributed by atoms with Crippen LogP contribution in [0.25, 0.3) is 0 Å². The average molecular weight is 369 g/mol. The van der Waals surface area contributed by atoms with Crippen LogP contribution in [-0.4, -0.2) is 44.9 Å². The number of hydrogen-bond donors (Lipinski definition) is 1. The summed E-state index contributed by atoms with van der Waals surface area (Å²) in [5, 5.41) is 3.21. The minimum absolute atomic E-state index is 0.0258. The second kappa shape index (κ2) is 6.13. The van der Waals surface area contributed by atoms with E-state index in [1.807, 2.05) is 30.3 Å². The standard InChI is InChI=1S/C20H20FN3O3/c1-23-18-5-3-13(7-19(18)27-11-20(23)25)22-12-2-4-17(16(21)6-12)24-9-15-8-14(24)10-26-15/h2-7,14-15,22H,8-11H2,1H3/t14-,15-/m0/s1. The van der Waals surface area contributed by atoms with Gasteiger partial charge in [0.1, 0.15) is 11.6 Å². The summed E-state index contributed by atoms with van der Waals surface area (Å²) in [6.45, 7) is 1.46. The normalized spacial score (nSPS) is 23.4. The molecule has 2 atom stereocenters. The van der Waals surface area contributed by atoms with Crippen molar-refractivity contribution in [3.8, 4) is 5.75 Å². The van der Waals surface area contributed by atoms with Crippen molar-refractivity contribution >= 4 is 28.7 Å². The summed E-state index contributed by atoms with van der Waals surface area (Å²) in [5.41, 5.74) is 2.80. The molecule has 2 saturated heterocycles. The lowest BCUT2D eigenvalue weighted by Crippen LogP contribution is -2.37. The Morgan fingerprint density at radius 1 is 1.15 bits per heavy atom. The summed E-state index contributed by atoms with van der Waals surface area (Å²) < 4.78 is 25.8. The van der Waals surface area contributed by atoms with E-state index in [1.54, 1.807) is 11.9 Å². The van der Waals surface area contributed by atoms with E-state index in [0.29, 0.717) is 23.7 Å². The number of nitrogens with zero attached hydrogens (tertiary/aromatic N) is 2. The highest BCUT2D eigenvalue weighted by Crippen LogP contribution is 2.37. The van der Waals surface area contributed by atoms with Crippen molar-refractivity contribution in [3.05, 3.63) is 42.2 Å². The molecule has 140 valence electrons. The summed E-state index contributed by atoms with van der Waals surface area (Å²) in [4.78, 5) is 15.4. The fourth-order valence-electron chi connectivity index (χ4n) is 4.03. The van der Waals surface area contributed by atoms with Crippen LogP contribution < -0.4 is 19.9 Å². The number of rotatable bonds is 3. The fourth-order valence-corrected chi connectivity index (χ4v) is 4.03. The second-order valence-electron chi connectivity index (χ2n) is 7.21. The molecule has 1 N–H and O–H groups in total. The molecule has 5 rings (SSSR count). The van der Waals surface area contributed by atoms with Gasteiger partial charge in [-0.25, -0.2) is 4.39 Å². The van der Waals surface area contributed by atoms with E-state index in [1.165, 1.54) is 6.07 Å². The summed E-state index contributed by atoms with van der Waals surface area (Å²) in [6.07, 6.45) is 1.21. The van der Waals surface area contributed by atoms with Gasteiger partial charge in [-0.2, -0.15) is 0 Å². The number of carbonyl (C=O) groups is 1. The Balaban J connectivity index is 1.36. The maximum Gasteiger partial charge on any atom is 0.264 e. The molecule has 3 aliphatic rings. The largest absolute Gasteiger partial charge is 0.481 e. The zero-order valence-electron chi connectivity index (χ0n) is 14.9. The highest BCUT2D eigenvalue weighted by molar-refractivity contribution is 5.97. The maximum atomic E-state index is 14.7. The Bertz CT molecular complexity index is 919. The van der Waals surface area contributed by atoms with E-state index in [0.717, 1.165) is 24.3 Å². The van der Waals surface area contributed by atoms with E-state index in [-0.39, 0.29) is 30.5 Å². The average Bonchev–Trinajstić information content (AvgIpc) is 3.28. The molecule has 2 aromatic carbocycles. The maximum absolute atomic E-state index is 14.7. The van der Waals surface area contributed by atoms with Crippen LogP contribution in [0.5, 0.6) is 5.75 Å². The van der Waals surface area contributed by atoms with Crippen LogP contribution in [0, 0.1) is 5.82 Å². The van der Waals surface area contributed by atoms with E-state index < -0.39 is 0 Å². The van der Waals surface area contributed by atoms with Gasteiger partial charge in [0.15, 0.2) is 6.61 Å². The molecule has 3 heterocycles. The molecule has 2 aromatic rings. The number of fused-ring (bicyclic) bond motifs is 3. The minimum atomic E-state index is -0.243. The van der Waals surface area contributed by atoms with Crippen molar-refractivity contribution in [2.45, 2.75) is 18.6 Å². The lowest BCUT2D eigenvalue weighted by Gasteiger charge is -2.29. The fraction of sp³-hybridized carbons (Fsp3) is 0.350. The van der Waals surface area contributed by atoms with Crippen LogP contribution in [0.3, 0.4) is 0 Å². The van der Waals surface area contributed by atoms with E-state index >= 15 is 0 Å². The number of ether oxygens (including phenoxy) is 2. The van der Waals surface area contributed by atoms with Gasteiger partial charge < -0.3 is 24.6 Å². The topological polar surface area (TPSA) is 54.0 Å². The van der Waals surface area contributed by atoms with Gasteiger partial charge in [0.2, 0.25) is 0 Å². The number of amides is 1. The molecule has 2 bridgehead atoms. The summed E-state index contributed by atoms with van der Waals surface area (Å²) in [5.74, 6) is 0.307. The van der Waals surface area contributed by atoms with Gasteiger partial charge >= 0.3 is 0 Å². The highest BCUT2D eigenvalue weighted by Gasteiger charge is 2.39. The predicted molar refractivity (Wildman–Crippen MR) is 101 cm³/mol. The number of hydrogen-bond acceptors (Lipinski definition) is 5. The first-order valence-electron chi connectivity index (χ1n) is 9.07. The van der Waals surface area contributed by atoms with Crippen LogP contribution in [0.4, 0.5) is 27.1 Å². The molecule has 0 saturated carbocycles. The molecule has 2 fully saturated rings. The molecule has 0 aromatic heterocycles. The Labute approximate surface area is 156 Å². The Kier molecular flexibility index (Phi) is 3.72. The van der Waals surface area contributed by atoms with Crippen LogP contribution in [-0.2, 0) is 9.53 Å². The van der Waals surface area contributed by atoms with Crippen LogP contribution in [0.1, 0.15) is 6.42 Å². The number of likely N-dealkylation sites (N-methyl/N-ethyl adjacent to an activating group) is 1.